The summed E-state index contributed by atoms with van der Waals surface area (Å²) in [7, 11) is 1.92. The molecule has 4 nitrogen and oxygen atoms in total. The van der Waals surface area contributed by atoms with Crippen LogP contribution in [0.15, 0.2) is 12.3 Å². The number of rotatable bonds is 1. The molecule has 0 atom stereocenters. The Labute approximate surface area is 106 Å². The minimum atomic E-state index is 0.277. The molecule has 0 aliphatic heterocycles. The zero-order valence-corrected chi connectivity index (χ0v) is 11.0. The van der Waals surface area contributed by atoms with Gasteiger partial charge < -0.3 is 4.57 Å². The van der Waals surface area contributed by atoms with Crippen molar-refractivity contribution < 1.29 is 4.79 Å². The topological polar surface area (TPSA) is 39.8 Å². The Bertz CT molecular complexity index is 634. The first-order valence-corrected chi connectivity index (χ1v) is 6.33. The molecule has 4 heteroatoms. The average Bonchev–Trinajstić information content (AvgIpc) is 2.79. The van der Waals surface area contributed by atoms with Crippen LogP contribution in [0, 0.1) is 13.8 Å². The molecule has 1 aliphatic carbocycles. The van der Waals surface area contributed by atoms with Crippen molar-refractivity contribution in [2.24, 2.45) is 7.05 Å². The zero-order valence-electron chi connectivity index (χ0n) is 11.0. The summed E-state index contributed by atoms with van der Waals surface area (Å²) in [6.07, 6.45) is 4.63. The van der Waals surface area contributed by atoms with Crippen molar-refractivity contribution in [2.45, 2.75) is 33.1 Å². The van der Waals surface area contributed by atoms with Gasteiger partial charge in [-0.2, -0.15) is 5.10 Å². The molecule has 0 amide bonds. The van der Waals surface area contributed by atoms with Gasteiger partial charge in [0.05, 0.1) is 11.4 Å². The van der Waals surface area contributed by atoms with Crippen molar-refractivity contribution in [1.29, 1.82) is 0 Å². The molecule has 0 fully saturated rings. The van der Waals surface area contributed by atoms with Gasteiger partial charge in [-0.1, -0.05) is 0 Å². The molecule has 0 N–H and O–H groups in total. The molecule has 0 spiro atoms. The number of Topliss-reactive ketones (excluding diaryl/α,β-unsaturated/α-hetero) is 1. The molecule has 0 bridgehead atoms. The third-order valence-electron chi connectivity index (χ3n) is 3.63. The van der Waals surface area contributed by atoms with Crippen LogP contribution in [-0.4, -0.2) is 20.1 Å². The monoisotopic (exact) mass is 243 g/mol. The van der Waals surface area contributed by atoms with E-state index < -0.39 is 0 Å². The maximum absolute atomic E-state index is 11.9. The first-order chi connectivity index (χ1) is 8.58. The molecule has 18 heavy (non-hydrogen) atoms. The zero-order chi connectivity index (χ0) is 12.9. The number of aromatic nitrogens is 3. The van der Waals surface area contributed by atoms with Gasteiger partial charge >= 0.3 is 0 Å². The average molecular weight is 243 g/mol. The van der Waals surface area contributed by atoms with E-state index in [4.69, 9.17) is 0 Å². The SMILES string of the molecule is Cc1nn(C)cc1-n1c(C)cc2c1CCCC2=O. The summed E-state index contributed by atoms with van der Waals surface area (Å²) < 4.78 is 4.01. The summed E-state index contributed by atoms with van der Waals surface area (Å²) in [6, 6.07) is 2.02. The van der Waals surface area contributed by atoms with E-state index >= 15 is 0 Å². The van der Waals surface area contributed by atoms with Crippen LogP contribution in [0.2, 0.25) is 0 Å². The van der Waals surface area contributed by atoms with Crippen molar-refractivity contribution in [2.75, 3.05) is 0 Å². The van der Waals surface area contributed by atoms with E-state index in [-0.39, 0.29) is 5.78 Å². The first kappa shape index (κ1) is 11.3. The van der Waals surface area contributed by atoms with Crippen LogP contribution in [0.3, 0.4) is 0 Å². The number of hydrogen-bond acceptors (Lipinski definition) is 2. The molecular weight excluding hydrogens is 226 g/mol. The smallest absolute Gasteiger partial charge is 0.164 e. The van der Waals surface area contributed by atoms with E-state index in [2.05, 4.69) is 16.6 Å². The number of carbonyl (C=O) groups excluding carboxylic acids is 1. The highest BCUT2D eigenvalue weighted by molar-refractivity contribution is 5.98. The Balaban J connectivity index is 2.24. The fourth-order valence-electron chi connectivity index (χ4n) is 2.87. The second-order valence-electron chi connectivity index (χ2n) is 5.03. The third kappa shape index (κ3) is 1.52. The largest absolute Gasteiger partial charge is 0.314 e. The van der Waals surface area contributed by atoms with Crippen LogP contribution in [0.1, 0.15) is 40.3 Å². The van der Waals surface area contributed by atoms with Crippen LogP contribution in [-0.2, 0) is 13.5 Å². The molecule has 0 saturated heterocycles. The minimum absolute atomic E-state index is 0.277. The van der Waals surface area contributed by atoms with Crippen molar-refractivity contribution in [1.82, 2.24) is 14.3 Å². The normalized spacial score (nSPS) is 14.9. The van der Waals surface area contributed by atoms with Crippen LogP contribution < -0.4 is 0 Å². The Morgan fingerprint density at radius 2 is 2.06 bits per heavy atom. The summed E-state index contributed by atoms with van der Waals surface area (Å²) in [5, 5.41) is 4.39. The van der Waals surface area contributed by atoms with Gasteiger partial charge in [-0.05, 0) is 32.8 Å². The lowest BCUT2D eigenvalue weighted by Crippen LogP contribution is -2.12. The van der Waals surface area contributed by atoms with Gasteiger partial charge in [-0.25, -0.2) is 0 Å². The molecule has 2 aromatic heterocycles. The molecule has 0 saturated carbocycles. The third-order valence-corrected chi connectivity index (χ3v) is 3.63. The van der Waals surface area contributed by atoms with Crippen molar-refractivity contribution in [3.8, 4) is 5.69 Å². The number of aryl methyl sites for hydroxylation is 3. The summed E-state index contributed by atoms with van der Waals surface area (Å²) in [5.74, 6) is 0.277. The molecule has 3 rings (SSSR count). The standard InChI is InChI=1S/C14H17N3O/c1-9-7-11-12(5-4-6-14(11)18)17(9)13-8-16(3)15-10(13)2/h7-8H,4-6H2,1-3H3. The summed E-state index contributed by atoms with van der Waals surface area (Å²) in [4.78, 5) is 11.9. The highest BCUT2D eigenvalue weighted by Gasteiger charge is 2.24. The molecule has 0 radical (unpaired) electrons. The van der Waals surface area contributed by atoms with E-state index in [1.54, 1.807) is 0 Å². The maximum Gasteiger partial charge on any atom is 0.164 e. The molecule has 94 valence electrons. The molecule has 0 unspecified atom stereocenters. The second kappa shape index (κ2) is 3.83. The summed E-state index contributed by atoms with van der Waals surface area (Å²) in [5.41, 5.74) is 5.26. The van der Waals surface area contributed by atoms with Crippen LogP contribution in [0.25, 0.3) is 5.69 Å². The van der Waals surface area contributed by atoms with Gasteiger partial charge in [0, 0.05) is 36.6 Å². The number of carbonyl (C=O) groups is 1. The van der Waals surface area contributed by atoms with Gasteiger partial charge in [0.15, 0.2) is 5.78 Å². The Morgan fingerprint density at radius 1 is 1.28 bits per heavy atom. The Morgan fingerprint density at radius 3 is 2.72 bits per heavy atom. The second-order valence-corrected chi connectivity index (χ2v) is 5.03. The summed E-state index contributed by atoms with van der Waals surface area (Å²) in [6.45, 7) is 4.06. The molecule has 2 aromatic rings. The van der Waals surface area contributed by atoms with Gasteiger partial charge in [0.25, 0.3) is 0 Å². The lowest BCUT2D eigenvalue weighted by Gasteiger charge is -2.15. The molecular formula is C14H17N3O. The number of hydrogen-bond donors (Lipinski definition) is 0. The number of fused-ring (bicyclic) bond motifs is 1. The first-order valence-electron chi connectivity index (χ1n) is 6.33. The molecule has 1 aliphatic rings. The number of ketones is 1. The van der Waals surface area contributed by atoms with Crippen molar-refractivity contribution in [3.63, 3.8) is 0 Å². The Kier molecular flexibility index (Phi) is 2.40. The quantitative estimate of drug-likeness (QED) is 0.771. The fourth-order valence-corrected chi connectivity index (χ4v) is 2.87. The van der Waals surface area contributed by atoms with Crippen molar-refractivity contribution in [3.05, 3.63) is 34.9 Å². The predicted molar refractivity (Wildman–Crippen MR) is 69.3 cm³/mol. The minimum Gasteiger partial charge on any atom is -0.314 e. The van der Waals surface area contributed by atoms with E-state index in [9.17, 15) is 4.79 Å². The van der Waals surface area contributed by atoms with E-state index in [1.807, 2.05) is 30.9 Å². The molecule has 0 aromatic carbocycles. The number of nitrogens with zero attached hydrogens (tertiary/aromatic N) is 3. The summed E-state index contributed by atoms with van der Waals surface area (Å²) >= 11 is 0. The van der Waals surface area contributed by atoms with Gasteiger partial charge in [-0.3, -0.25) is 9.48 Å². The van der Waals surface area contributed by atoms with Crippen LogP contribution >= 0.6 is 0 Å². The van der Waals surface area contributed by atoms with Gasteiger partial charge in [-0.15, -0.1) is 0 Å². The van der Waals surface area contributed by atoms with Crippen LogP contribution in [0.4, 0.5) is 0 Å². The highest BCUT2D eigenvalue weighted by Crippen LogP contribution is 2.28. The lowest BCUT2D eigenvalue weighted by molar-refractivity contribution is 0.0972. The fraction of sp³-hybridized carbons (Fsp3) is 0.429. The van der Waals surface area contributed by atoms with Crippen LogP contribution in [0.5, 0.6) is 0 Å². The predicted octanol–water partition coefficient (Wildman–Crippen LogP) is 2.35. The van der Waals surface area contributed by atoms with Gasteiger partial charge in [0.2, 0.25) is 0 Å². The lowest BCUT2D eigenvalue weighted by atomic mass is 9.96. The van der Waals surface area contributed by atoms with E-state index in [0.29, 0.717) is 6.42 Å². The van der Waals surface area contributed by atoms with Gasteiger partial charge in [0.1, 0.15) is 0 Å². The Hall–Kier alpha value is -1.84. The maximum atomic E-state index is 11.9. The van der Waals surface area contributed by atoms with Crippen molar-refractivity contribution >= 4 is 5.78 Å². The van der Waals surface area contributed by atoms with E-state index in [0.717, 1.165) is 41.2 Å². The van der Waals surface area contributed by atoms with E-state index in [1.165, 1.54) is 0 Å². The highest BCUT2D eigenvalue weighted by atomic mass is 16.1. The molecule has 2 heterocycles.